The Morgan fingerprint density at radius 2 is 2.27 bits per heavy atom. The van der Waals surface area contributed by atoms with E-state index in [-0.39, 0.29) is 12.0 Å². The van der Waals surface area contributed by atoms with E-state index in [9.17, 15) is 4.21 Å². The number of methoxy groups -OCH3 is 1. The molecule has 15 heavy (non-hydrogen) atoms. The summed E-state index contributed by atoms with van der Waals surface area (Å²) in [5.74, 6) is 1.68. The SMILES string of the molecule is COc1ccc2c(c1)C(N)C(C)CS2=O. The van der Waals surface area contributed by atoms with E-state index >= 15 is 0 Å². The molecule has 82 valence electrons. The van der Waals surface area contributed by atoms with E-state index in [4.69, 9.17) is 10.5 Å². The zero-order chi connectivity index (χ0) is 11.0. The van der Waals surface area contributed by atoms with E-state index in [2.05, 4.69) is 0 Å². The van der Waals surface area contributed by atoms with Crippen LogP contribution in [0.25, 0.3) is 0 Å². The Hall–Kier alpha value is -0.870. The third-order valence-corrected chi connectivity index (χ3v) is 4.54. The second-order valence-electron chi connectivity index (χ2n) is 3.92. The summed E-state index contributed by atoms with van der Waals surface area (Å²) >= 11 is 0. The molecule has 0 aromatic heterocycles. The highest BCUT2D eigenvalue weighted by atomic mass is 32.2. The van der Waals surface area contributed by atoms with E-state index in [0.717, 1.165) is 16.2 Å². The Bertz CT molecular complexity index is 406. The lowest BCUT2D eigenvalue weighted by Gasteiger charge is -2.27. The van der Waals surface area contributed by atoms with Crippen molar-refractivity contribution in [3.8, 4) is 5.75 Å². The van der Waals surface area contributed by atoms with Crippen molar-refractivity contribution in [3.05, 3.63) is 23.8 Å². The number of fused-ring (bicyclic) bond motifs is 1. The topological polar surface area (TPSA) is 52.3 Å². The van der Waals surface area contributed by atoms with Crippen LogP contribution in [0, 0.1) is 5.92 Å². The van der Waals surface area contributed by atoms with E-state index in [0.29, 0.717) is 5.75 Å². The molecule has 0 fully saturated rings. The van der Waals surface area contributed by atoms with Gasteiger partial charge in [0.05, 0.1) is 17.9 Å². The molecule has 2 rings (SSSR count). The predicted molar refractivity (Wildman–Crippen MR) is 60.4 cm³/mol. The maximum atomic E-state index is 11.9. The number of benzene rings is 1. The van der Waals surface area contributed by atoms with Gasteiger partial charge in [0.25, 0.3) is 0 Å². The quantitative estimate of drug-likeness (QED) is 0.787. The van der Waals surface area contributed by atoms with Gasteiger partial charge in [-0.05, 0) is 29.7 Å². The van der Waals surface area contributed by atoms with E-state index in [1.165, 1.54) is 0 Å². The predicted octanol–water partition coefficient (Wildman–Crippen LogP) is 1.45. The lowest BCUT2D eigenvalue weighted by molar-refractivity contribution is 0.411. The first-order chi connectivity index (χ1) is 7.13. The minimum atomic E-state index is -0.912. The molecule has 2 N–H and O–H groups in total. The molecule has 0 aliphatic carbocycles. The van der Waals surface area contributed by atoms with Crippen LogP contribution < -0.4 is 10.5 Å². The molecule has 0 amide bonds. The summed E-state index contributed by atoms with van der Waals surface area (Å²) in [6.07, 6.45) is 0. The highest BCUT2D eigenvalue weighted by molar-refractivity contribution is 7.85. The van der Waals surface area contributed by atoms with E-state index in [1.807, 2.05) is 25.1 Å². The van der Waals surface area contributed by atoms with Gasteiger partial charge in [0.15, 0.2) is 0 Å². The number of nitrogens with two attached hydrogens (primary N) is 1. The molecule has 0 bridgehead atoms. The van der Waals surface area contributed by atoms with Gasteiger partial charge in [0.2, 0.25) is 0 Å². The number of rotatable bonds is 1. The molecule has 3 unspecified atom stereocenters. The number of hydrogen-bond donors (Lipinski definition) is 1. The summed E-state index contributed by atoms with van der Waals surface area (Å²) in [5, 5.41) is 0. The van der Waals surface area contributed by atoms with Crippen LogP contribution in [0.4, 0.5) is 0 Å². The van der Waals surface area contributed by atoms with Crippen molar-refractivity contribution in [2.24, 2.45) is 11.7 Å². The van der Waals surface area contributed by atoms with Crippen molar-refractivity contribution in [3.63, 3.8) is 0 Å². The third kappa shape index (κ3) is 1.79. The largest absolute Gasteiger partial charge is 0.497 e. The number of hydrogen-bond acceptors (Lipinski definition) is 3. The van der Waals surface area contributed by atoms with Crippen LogP contribution in [-0.2, 0) is 10.8 Å². The summed E-state index contributed by atoms with van der Waals surface area (Å²) in [6.45, 7) is 2.03. The van der Waals surface area contributed by atoms with Gasteiger partial charge in [0.1, 0.15) is 5.75 Å². The lowest BCUT2D eigenvalue weighted by Crippen LogP contribution is -2.29. The van der Waals surface area contributed by atoms with Crippen LogP contribution >= 0.6 is 0 Å². The van der Waals surface area contributed by atoms with Gasteiger partial charge in [-0.2, -0.15) is 0 Å². The molecule has 0 spiro atoms. The molecule has 1 aromatic rings. The second-order valence-corrected chi connectivity index (χ2v) is 5.38. The summed E-state index contributed by atoms with van der Waals surface area (Å²) in [7, 11) is 0.710. The number of ether oxygens (including phenoxy) is 1. The minimum Gasteiger partial charge on any atom is -0.497 e. The highest BCUT2D eigenvalue weighted by Gasteiger charge is 2.28. The van der Waals surface area contributed by atoms with Crippen LogP contribution in [-0.4, -0.2) is 17.1 Å². The maximum absolute atomic E-state index is 11.9. The Kier molecular flexibility index (Phi) is 2.80. The molecule has 1 aliphatic heterocycles. The first kappa shape index (κ1) is 10.6. The van der Waals surface area contributed by atoms with Crippen LogP contribution in [0.2, 0.25) is 0 Å². The van der Waals surface area contributed by atoms with Gasteiger partial charge in [-0.25, -0.2) is 0 Å². The third-order valence-electron chi connectivity index (χ3n) is 2.85. The fourth-order valence-corrected chi connectivity index (χ4v) is 3.40. The van der Waals surface area contributed by atoms with Crippen LogP contribution in [0.3, 0.4) is 0 Å². The normalized spacial score (nSPS) is 29.7. The van der Waals surface area contributed by atoms with Crippen molar-refractivity contribution in [2.75, 3.05) is 12.9 Å². The van der Waals surface area contributed by atoms with Crippen molar-refractivity contribution in [2.45, 2.75) is 17.9 Å². The second kappa shape index (κ2) is 3.94. The summed E-state index contributed by atoms with van der Waals surface area (Å²) < 4.78 is 17.0. The molecule has 1 aliphatic rings. The summed E-state index contributed by atoms with van der Waals surface area (Å²) in [6, 6.07) is 5.55. The molecule has 1 heterocycles. The van der Waals surface area contributed by atoms with Gasteiger partial charge in [-0.15, -0.1) is 0 Å². The molecule has 0 radical (unpaired) electrons. The van der Waals surface area contributed by atoms with Crippen LogP contribution in [0.1, 0.15) is 18.5 Å². The standard InChI is InChI=1S/C11H15NO2S/c1-7-6-15(13)10-4-3-8(14-2)5-9(10)11(7)12/h3-5,7,11H,6,12H2,1-2H3. The first-order valence-electron chi connectivity index (χ1n) is 4.95. The molecule has 3 atom stereocenters. The molecule has 4 heteroatoms. The van der Waals surface area contributed by atoms with Gasteiger partial charge in [0, 0.05) is 16.7 Å². The summed E-state index contributed by atoms with van der Waals surface area (Å²) in [4.78, 5) is 0.862. The fourth-order valence-electron chi connectivity index (χ4n) is 1.86. The smallest absolute Gasteiger partial charge is 0.119 e. The van der Waals surface area contributed by atoms with Crippen LogP contribution in [0.15, 0.2) is 23.1 Å². The minimum absolute atomic E-state index is 0.0344. The van der Waals surface area contributed by atoms with Gasteiger partial charge >= 0.3 is 0 Å². The molecular weight excluding hydrogens is 210 g/mol. The van der Waals surface area contributed by atoms with Crippen LogP contribution in [0.5, 0.6) is 5.75 Å². The average molecular weight is 225 g/mol. The lowest BCUT2D eigenvalue weighted by atomic mass is 9.96. The summed E-state index contributed by atoms with van der Waals surface area (Å²) in [5.41, 5.74) is 7.05. The van der Waals surface area contributed by atoms with Crippen molar-refractivity contribution < 1.29 is 8.95 Å². The Morgan fingerprint density at radius 1 is 1.53 bits per heavy atom. The zero-order valence-electron chi connectivity index (χ0n) is 8.90. The van der Waals surface area contributed by atoms with E-state index < -0.39 is 10.8 Å². The monoisotopic (exact) mass is 225 g/mol. The molecule has 0 saturated carbocycles. The van der Waals surface area contributed by atoms with Gasteiger partial charge < -0.3 is 10.5 Å². The Balaban J connectivity index is 2.51. The average Bonchev–Trinajstić information content (AvgIpc) is 2.25. The Morgan fingerprint density at radius 3 is 2.93 bits per heavy atom. The Labute approximate surface area is 92.1 Å². The highest BCUT2D eigenvalue weighted by Crippen LogP contribution is 2.34. The fraction of sp³-hybridized carbons (Fsp3) is 0.455. The maximum Gasteiger partial charge on any atom is 0.119 e. The van der Waals surface area contributed by atoms with Gasteiger partial charge in [-0.3, -0.25) is 4.21 Å². The molecule has 3 nitrogen and oxygen atoms in total. The van der Waals surface area contributed by atoms with Crippen molar-refractivity contribution in [1.82, 2.24) is 0 Å². The van der Waals surface area contributed by atoms with Gasteiger partial charge in [-0.1, -0.05) is 6.92 Å². The van der Waals surface area contributed by atoms with Crippen molar-refractivity contribution >= 4 is 10.8 Å². The molecular formula is C11H15NO2S. The van der Waals surface area contributed by atoms with E-state index in [1.54, 1.807) is 7.11 Å². The first-order valence-corrected chi connectivity index (χ1v) is 6.27. The zero-order valence-corrected chi connectivity index (χ0v) is 9.71. The molecule has 0 saturated heterocycles. The van der Waals surface area contributed by atoms with Crippen molar-refractivity contribution in [1.29, 1.82) is 0 Å². The molecule has 1 aromatic carbocycles.